The number of aryl methyl sites for hydroxylation is 2. The van der Waals surface area contributed by atoms with Crippen LogP contribution in [0.2, 0.25) is 0 Å². The van der Waals surface area contributed by atoms with Gasteiger partial charge in [0.05, 0.1) is 6.10 Å². The van der Waals surface area contributed by atoms with E-state index >= 15 is 0 Å². The zero-order valence-corrected chi connectivity index (χ0v) is 52.3. The van der Waals surface area contributed by atoms with Crippen LogP contribution in [0.3, 0.4) is 0 Å². The van der Waals surface area contributed by atoms with Crippen LogP contribution in [-0.4, -0.2) is 12.1 Å². The van der Waals surface area contributed by atoms with Gasteiger partial charge in [-0.15, -0.1) is 6.58 Å². The zero-order chi connectivity index (χ0) is 59.7. The van der Waals surface area contributed by atoms with Gasteiger partial charge in [-0.1, -0.05) is 176 Å². The SMILES string of the molecule is C=Cc1ccc(-c2cc(C)c(OC(C)CCCCC3(C4=CCCCC4)c4cc(N(C5=CCC(C6=CCCC=C6)C=C5)c5ccc(C6CCC7C(C6)c6cc(C8=CCC(C=C)C=C8)ccc6N7c6ccccc6)cc5)ccc4C4C=CC=CC43)cc2C)cc1. The summed E-state index contributed by atoms with van der Waals surface area (Å²) in [4.78, 5) is 5.29. The lowest BCUT2D eigenvalue weighted by atomic mass is 9.62. The number of unbranched alkanes of at least 4 members (excludes halogenated alkanes) is 1. The van der Waals surface area contributed by atoms with E-state index in [1.807, 2.05) is 6.08 Å². The summed E-state index contributed by atoms with van der Waals surface area (Å²) < 4.78 is 6.84. The number of allylic oxidation sites excluding steroid dienone is 18. The molecule has 14 rings (SSSR count). The third-order valence-corrected chi connectivity index (χ3v) is 21.5. The number of nitrogens with zero attached hydrogens (tertiary/aromatic N) is 2. The number of anilines is 4. The zero-order valence-electron chi connectivity index (χ0n) is 52.3. The normalized spacial score (nSPS) is 25.1. The minimum atomic E-state index is -0.0838. The van der Waals surface area contributed by atoms with Crippen molar-refractivity contribution in [3.05, 3.63) is 293 Å². The Morgan fingerprint density at radius 1 is 0.705 bits per heavy atom. The first-order valence-corrected chi connectivity index (χ1v) is 33.6. The lowest BCUT2D eigenvalue weighted by Crippen LogP contribution is -2.35. The second kappa shape index (κ2) is 25.2. The molecule has 0 bridgehead atoms. The van der Waals surface area contributed by atoms with Gasteiger partial charge in [-0.2, -0.15) is 0 Å². The molecule has 8 aliphatic rings. The highest BCUT2D eigenvalue weighted by Crippen LogP contribution is 2.61. The van der Waals surface area contributed by atoms with Gasteiger partial charge in [-0.05, 0) is 256 Å². The van der Waals surface area contributed by atoms with E-state index in [0.717, 1.165) is 75.5 Å². The van der Waals surface area contributed by atoms with Gasteiger partial charge in [0.25, 0.3) is 0 Å². The van der Waals surface area contributed by atoms with Crippen molar-refractivity contribution < 1.29 is 4.74 Å². The van der Waals surface area contributed by atoms with E-state index < -0.39 is 0 Å². The van der Waals surface area contributed by atoms with Crippen molar-refractivity contribution in [2.24, 2.45) is 17.8 Å². The standard InChI is InChI=1S/C85H88N2O/c1-6-61-30-34-65(35-31-61)68-42-50-82-78(55-68)79-56-69(43-51-83(79)87(82)71-26-15-10-16-27-71)66-40-46-73(47-41-66)86(72-44-38-64(39-45-72)63-22-11-8-12-23-63)74-48-49-76-75-28-17-18-29-80(75)85(81(76)57-74,70-24-13-9-14-25-70)52-20-19-21-60(5)88-84-54-58(3)77(53-59(84)4)67-36-32-62(7-2)33-37-67/h6-7,10-11,15-18,22-24,26-30,32-38,40-42,44-50,53-55,57,60-61,64,69,75,79-80,83H,1-2,8-9,12-14,19-21,25,31,39,43,51-52,56H2,3-5H3. The van der Waals surface area contributed by atoms with Gasteiger partial charge in [0.15, 0.2) is 0 Å². The summed E-state index contributed by atoms with van der Waals surface area (Å²) in [5.74, 6) is 3.47. The van der Waals surface area contributed by atoms with Gasteiger partial charge in [0.2, 0.25) is 0 Å². The average Bonchev–Trinajstić information content (AvgIpc) is 1.84. The quantitative estimate of drug-likeness (QED) is 0.0630. The Hall–Kier alpha value is -8.14. The summed E-state index contributed by atoms with van der Waals surface area (Å²) in [6.07, 6.45) is 55.3. The van der Waals surface area contributed by atoms with Crippen molar-refractivity contribution in [3.8, 4) is 16.9 Å². The van der Waals surface area contributed by atoms with E-state index in [1.54, 1.807) is 11.1 Å². The summed E-state index contributed by atoms with van der Waals surface area (Å²) in [6.45, 7) is 14.7. The molecule has 1 saturated carbocycles. The minimum Gasteiger partial charge on any atom is -0.490 e. The van der Waals surface area contributed by atoms with E-state index in [2.05, 4.69) is 262 Å². The lowest BCUT2D eigenvalue weighted by Gasteiger charge is -2.42. The van der Waals surface area contributed by atoms with Crippen LogP contribution in [-0.2, 0) is 5.41 Å². The molecule has 0 saturated heterocycles. The maximum Gasteiger partial charge on any atom is 0.122 e. The Morgan fingerprint density at radius 3 is 2.31 bits per heavy atom. The van der Waals surface area contributed by atoms with E-state index in [9.17, 15) is 0 Å². The number of fused-ring (bicyclic) bond motifs is 6. The molecule has 3 heteroatoms. The van der Waals surface area contributed by atoms with Crippen molar-refractivity contribution in [3.63, 3.8) is 0 Å². The summed E-state index contributed by atoms with van der Waals surface area (Å²) in [7, 11) is 0. The fourth-order valence-electron chi connectivity index (χ4n) is 16.9. The van der Waals surface area contributed by atoms with Crippen LogP contribution >= 0.6 is 0 Å². The maximum atomic E-state index is 6.84. The molecule has 6 aromatic rings. The fourth-order valence-corrected chi connectivity index (χ4v) is 16.9. The Kier molecular flexibility index (Phi) is 16.5. The molecule has 0 amide bonds. The van der Waals surface area contributed by atoms with Crippen molar-refractivity contribution in [2.45, 2.75) is 152 Å². The molecule has 1 fully saturated rings. The second-order valence-corrected chi connectivity index (χ2v) is 26.7. The summed E-state index contributed by atoms with van der Waals surface area (Å²) in [5, 5.41) is 0. The molecule has 1 heterocycles. The van der Waals surface area contributed by atoms with E-state index in [-0.39, 0.29) is 11.5 Å². The van der Waals surface area contributed by atoms with Crippen molar-refractivity contribution in [1.82, 2.24) is 0 Å². The van der Waals surface area contributed by atoms with Gasteiger partial charge in [0, 0.05) is 63.6 Å². The monoisotopic (exact) mass is 1150 g/mol. The molecule has 7 aliphatic carbocycles. The molecular weight excluding hydrogens is 1060 g/mol. The Bertz CT molecular complexity index is 3890. The summed E-state index contributed by atoms with van der Waals surface area (Å²) >= 11 is 0. The predicted octanol–water partition coefficient (Wildman–Crippen LogP) is 22.8. The first-order chi connectivity index (χ1) is 43.2. The summed E-state index contributed by atoms with van der Waals surface area (Å²) in [5.41, 5.74) is 24.2. The molecule has 0 aromatic heterocycles. The molecular formula is C85H88N2O. The van der Waals surface area contributed by atoms with E-state index in [4.69, 9.17) is 4.74 Å². The van der Waals surface area contributed by atoms with Crippen LogP contribution in [0, 0.1) is 31.6 Å². The van der Waals surface area contributed by atoms with Gasteiger partial charge >= 0.3 is 0 Å². The first kappa shape index (κ1) is 57.6. The van der Waals surface area contributed by atoms with Crippen molar-refractivity contribution >= 4 is 34.4 Å². The fraction of sp³-hybridized carbons (Fsp3) is 0.318. The van der Waals surface area contributed by atoms with Crippen LogP contribution in [0.4, 0.5) is 22.7 Å². The van der Waals surface area contributed by atoms with E-state index in [0.29, 0.717) is 41.5 Å². The van der Waals surface area contributed by atoms with Crippen molar-refractivity contribution in [2.75, 3.05) is 9.80 Å². The Morgan fingerprint density at radius 2 is 1.55 bits per heavy atom. The number of rotatable bonds is 18. The smallest absolute Gasteiger partial charge is 0.122 e. The van der Waals surface area contributed by atoms with Crippen molar-refractivity contribution in [1.29, 1.82) is 0 Å². The average molecular weight is 1150 g/mol. The molecule has 444 valence electrons. The number of benzene rings is 6. The Balaban J connectivity index is 0.762. The molecule has 9 atom stereocenters. The highest BCUT2D eigenvalue weighted by molar-refractivity contribution is 5.81. The van der Waals surface area contributed by atoms with Crippen LogP contribution in [0.15, 0.2) is 249 Å². The number of hydrogen-bond acceptors (Lipinski definition) is 3. The first-order valence-electron chi connectivity index (χ1n) is 33.6. The van der Waals surface area contributed by atoms with Crippen LogP contribution < -0.4 is 14.5 Å². The molecule has 88 heavy (non-hydrogen) atoms. The van der Waals surface area contributed by atoms with Gasteiger partial charge in [-0.25, -0.2) is 0 Å². The topological polar surface area (TPSA) is 15.7 Å². The molecule has 0 radical (unpaired) electrons. The number of para-hydroxylation sites is 1. The van der Waals surface area contributed by atoms with E-state index in [1.165, 1.54) is 116 Å². The van der Waals surface area contributed by atoms with Crippen LogP contribution in [0.25, 0.3) is 22.8 Å². The van der Waals surface area contributed by atoms with Gasteiger partial charge < -0.3 is 14.5 Å². The van der Waals surface area contributed by atoms with Crippen LogP contribution in [0.1, 0.15) is 165 Å². The third-order valence-electron chi connectivity index (χ3n) is 21.5. The lowest BCUT2D eigenvalue weighted by molar-refractivity contribution is 0.202. The third kappa shape index (κ3) is 11.1. The molecule has 1 aliphatic heterocycles. The molecule has 0 spiro atoms. The highest BCUT2D eigenvalue weighted by atomic mass is 16.5. The highest BCUT2D eigenvalue weighted by Gasteiger charge is 2.52. The van der Waals surface area contributed by atoms with Gasteiger partial charge in [0.1, 0.15) is 5.75 Å². The molecule has 0 N–H and O–H groups in total. The largest absolute Gasteiger partial charge is 0.490 e. The summed E-state index contributed by atoms with van der Waals surface area (Å²) in [6, 6.07) is 49.8. The minimum absolute atomic E-state index is 0.0838. The van der Waals surface area contributed by atoms with Gasteiger partial charge in [-0.3, -0.25) is 0 Å². The number of hydrogen-bond donors (Lipinski definition) is 0. The second-order valence-electron chi connectivity index (χ2n) is 26.7. The molecule has 6 aromatic carbocycles. The molecule has 9 unspecified atom stereocenters. The maximum absolute atomic E-state index is 6.84. The Labute approximate surface area is 526 Å². The van der Waals surface area contributed by atoms with Crippen LogP contribution in [0.5, 0.6) is 5.75 Å². The molecule has 3 nitrogen and oxygen atoms in total. The predicted molar refractivity (Wildman–Crippen MR) is 373 cm³/mol. The number of ether oxygens (including phenoxy) is 1.